The molecule has 0 saturated carbocycles. The topological polar surface area (TPSA) is 82.1 Å². The molecule has 0 radical (unpaired) electrons. The minimum Gasteiger partial charge on any atom is -0.499 e. The minimum atomic E-state index is 0.443. The Morgan fingerprint density at radius 2 is 1.98 bits per heavy atom. The molecule has 0 bridgehead atoms. The maximum absolute atomic E-state index is 6.15. The normalized spacial score (nSPS) is 10.6. The van der Waals surface area contributed by atoms with Crippen molar-refractivity contribution < 1.29 is 4.74 Å². The number of hydrogen-bond acceptors (Lipinski definition) is 6. The zero-order chi connectivity index (χ0) is 29.9. The molecule has 0 saturated heterocycles. The van der Waals surface area contributed by atoms with Crippen molar-refractivity contribution in [2.24, 2.45) is 0 Å². The molecule has 0 aliphatic heterocycles. The van der Waals surface area contributed by atoms with Crippen LogP contribution in [-0.4, -0.2) is 32.7 Å². The summed E-state index contributed by atoms with van der Waals surface area (Å²) in [5.41, 5.74) is 12.3. The second kappa shape index (κ2) is 14.7. The molecule has 0 atom stereocenters. The maximum Gasteiger partial charge on any atom is 0.163 e. The number of benzene rings is 2. The number of allylic oxidation sites excluding steroid dienone is 1. The van der Waals surface area contributed by atoms with Gasteiger partial charge in [-0.2, -0.15) is 0 Å². The van der Waals surface area contributed by atoms with Gasteiger partial charge in [0.1, 0.15) is 11.6 Å². The predicted octanol–water partition coefficient (Wildman–Crippen LogP) is 7.48. The van der Waals surface area contributed by atoms with Crippen molar-refractivity contribution in [3.05, 3.63) is 90.6 Å². The second-order valence-corrected chi connectivity index (χ2v) is 10.2. The highest BCUT2D eigenvalue weighted by atomic mass is 16.5. The van der Waals surface area contributed by atoms with Gasteiger partial charge in [0.2, 0.25) is 0 Å². The molecule has 214 valence electrons. The quantitative estimate of drug-likeness (QED) is 0.118. The molecule has 2 aromatic heterocycles. The third-order valence-corrected chi connectivity index (χ3v) is 6.68. The van der Waals surface area contributed by atoms with Gasteiger partial charge < -0.3 is 19.9 Å². The lowest BCUT2D eigenvalue weighted by molar-refractivity contribution is 0.210. The highest BCUT2D eigenvalue weighted by molar-refractivity contribution is 5.76. The lowest BCUT2D eigenvalue weighted by atomic mass is 10.1. The van der Waals surface area contributed by atoms with E-state index >= 15 is 0 Å². The van der Waals surface area contributed by atoms with E-state index in [0.29, 0.717) is 24.3 Å². The standard InChI is InChI=1S/C22H26N4O.C12H16N2/c1-6-18-11-10-12-19(15-18)21-24-20(23)17(5)22(25-21)26(7-2)13-8-9-14-27-16(3)4;1-4-10-5-6-11-12(7-10)14(8-13-11)9(2)3/h1,7,10-12,15H,2-3,8-9,13-14H2,4-5H3,(H2,23,24,25);5-9H,4H2,1-3H3. The Labute approximate surface area is 244 Å². The zero-order valence-corrected chi connectivity index (χ0v) is 25.0. The minimum absolute atomic E-state index is 0.443. The molecule has 2 heterocycles. The van der Waals surface area contributed by atoms with Gasteiger partial charge in [0.15, 0.2) is 5.82 Å². The monoisotopic (exact) mass is 550 g/mol. The Morgan fingerprint density at radius 3 is 2.63 bits per heavy atom. The van der Waals surface area contributed by atoms with Gasteiger partial charge in [-0.15, -0.1) is 6.42 Å². The highest BCUT2D eigenvalue weighted by Crippen LogP contribution is 2.27. The van der Waals surface area contributed by atoms with Gasteiger partial charge >= 0.3 is 0 Å². The fourth-order valence-electron chi connectivity index (χ4n) is 4.30. The van der Waals surface area contributed by atoms with Crippen LogP contribution in [0.15, 0.2) is 73.9 Å². The number of nitrogen functional groups attached to an aromatic ring is 1. The summed E-state index contributed by atoms with van der Waals surface area (Å²) >= 11 is 0. The van der Waals surface area contributed by atoms with E-state index in [1.54, 1.807) is 6.20 Å². The highest BCUT2D eigenvalue weighted by Gasteiger charge is 2.15. The lowest BCUT2D eigenvalue weighted by Gasteiger charge is -2.22. The van der Waals surface area contributed by atoms with E-state index in [2.05, 4.69) is 72.6 Å². The van der Waals surface area contributed by atoms with E-state index in [-0.39, 0.29) is 0 Å². The van der Waals surface area contributed by atoms with Crippen LogP contribution in [0.5, 0.6) is 0 Å². The van der Waals surface area contributed by atoms with E-state index in [9.17, 15) is 0 Å². The molecule has 2 N–H and O–H groups in total. The number of imidazole rings is 1. The molecule has 41 heavy (non-hydrogen) atoms. The van der Waals surface area contributed by atoms with Crippen LogP contribution < -0.4 is 10.6 Å². The third-order valence-electron chi connectivity index (χ3n) is 6.68. The maximum atomic E-state index is 6.15. The average molecular weight is 551 g/mol. The molecular formula is C34H42N6O. The van der Waals surface area contributed by atoms with Crippen molar-refractivity contribution in [3.8, 4) is 23.7 Å². The number of rotatable bonds is 11. The Morgan fingerprint density at radius 1 is 1.20 bits per heavy atom. The first kappa shape index (κ1) is 31.0. The average Bonchev–Trinajstić information content (AvgIpc) is 3.40. The number of hydrogen-bond donors (Lipinski definition) is 1. The fraction of sp³-hybridized carbons (Fsp3) is 0.324. The number of ether oxygens (including phenoxy) is 1. The summed E-state index contributed by atoms with van der Waals surface area (Å²) in [5.74, 6) is 5.10. The summed E-state index contributed by atoms with van der Waals surface area (Å²) in [5, 5.41) is 0. The van der Waals surface area contributed by atoms with E-state index in [0.717, 1.165) is 59.6 Å². The third kappa shape index (κ3) is 8.21. The van der Waals surface area contributed by atoms with Crippen LogP contribution in [0.4, 0.5) is 11.6 Å². The summed E-state index contributed by atoms with van der Waals surface area (Å²) in [6.07, 6.45) is 12.1. The van der Waals surface area contributed by atoms with Crippen LogP contribution in [0.25, 0.3) is 22.4 Å². The van der Waals surface area contributed by atoms with Gasteiger partial charge in [-0.05, 0) is 83.0 Å². The number of nitrogens with two attached hydrogens (primary N) is 1. The van der Waals surface area contributed by atoms with Crippen molar-refractivity contribution in [2.45, 2.75) is 59.9 Å². The zero-order valence-electron chi connectivity index (χ0n) is 25.0. The summed E-state index contributed by atoms with van der Waals surface area (Å²) in [6.45, 7) is 19.3. The van der Waals surface area contributed by atoms with Gasteiger partial charge in [-0.25, -0.2) is 15.0 Å². The number of nitrogens with zero attached hydrogens (tertiary/aromatic N) is 5. The molecule has 0 spiro atoms. The Bertz CT molecular complexity index is 1530. The van der Waals surface area contributed by atoms with Gasteiger partial charge in [-0.3, -0.25) is 0 Å². The van der Waals surface area contributed by atoms with Crippen LogP contribution in [0.1, 0.15) is 63.3 Å². The molecule has 0 fully saturated rings. The lowest BCUT2D eigenvalue weighted by Crippen LogP contribution is -2.21. The number of anilines is 2. The van der Waals surface area contributed by atoms with Gasteiger partial charge in [0.05, 0.1) is 29.7 Å². The summed E-state index contributed by atoms with van der Waals surface area (Å²) < 4.78 is 7.62. The van der Waals surface area contributed by atoms with Crippen molar-refractivity contribution >= 4 is 22.7 Å². The van der Waals surface area contributed by atoms with Crippen molar-refractivity contribution in [1.82, 2.24) is 19.5 Å². The predicted molar refractivity (Wildman–Crippen MR) is 172 cm³/mol. The first-order valence-corrected chi connectivity index (χ1v) is 14.0. The summed E-state index contributed by atoms with van der Waals surface area (Å²) in [4.78, 5) is 15.5. The first-order chi connectivity index (χ1) is 19.7. The molecule has 7 nitrogen and oxygen atoms in total. The number of unbranched alkanes of at least 4 members (excludes halogenated alkanes) is 1. The van der Waals surface area contributed by atoms with Crippen LogP contribution in [0.2, 0.25) is 0 Å². The Kier molecular flexibility index (Phi) is 11.1. The van der Waals surface area contributed by atoms with Crippen molar-refractivity contribution in [2.75, 3.05) is 23.8 Å². The molecule has 0 aliphatic rings. The summed E-state index contributed by atoms with van der Waals surface area (Å²) in [7, 11) is 0. The number of fused-ring (bicyclic) bond motifs is 1. The van der Waals surface area contributed by atoms with E-state index < -0.39 is 0 Å². The number of terminal acetylenes is 1. The van der Waals surface area contributed by atoms with Crippen LogP contribution in [0, 0.1) is 19.3 Å². The van der Waals surface area contributed by atoms with E-state index in [1.165, 1.54) is 11.1 Å². The first-order valence-electron chi connectivity index (χ1n) is 14.0. The van der Waals surface area contributed by atoms with E-state index in [1.807, 2.05) is 49.3 Å². The molecule has 2 aromatic carbocycles. The van der Waals surface area contributed by atoms with Crippen LogP contribution >= 0.6 is 0 Å². The van der Waals surface area contributed by atoms with Gasteiger partial charge in [0.25, 0.3) is 0 Å². The van der Waals surface area contributed by atoms with Crippen molar-refractivity contribution in [1.29, 1.82) is 0 Å². The molecule has 4 rings (SSSR count). The molecule has 0 amide bonds. The Balaban J connectivity index is 0.000000275. The second-order valence-electron chi connectivity index (χ2n) is 10.2. The van der Waals surface area contributed by atoms with E-state index in [4.69, 9.17) is 21.9 Å². The molecular weight excluding hydrogens is 508 g/mol. The number of aryl methyl sites for hydroxylation is 1. The smallest absolute Gasteiger partial charge is 0.163 e. The SMILES string of the molecule is C#Cc1cccc(-c2nc(N)c(C)c(N(C=C)CCCCOC(=C)C)n2)c1.CCc1ccc2ncn(C(C)C)c2c1. The molecule has 7 heteroatoms. The number of aromatic nitrogens is 4. The largest absolute Gasteiger partial charge is 0.499 e. The molecule has 4 aromatic rings. The van der Waals surface area contributed by atoms with Crippen LogP contribution in [0.3, 0.4) is 0 Å². The molecule has 0 aliphatic carbocycles. The fourth-order valence-corrected chi connectivity index (χ4v) is 4.30. The van der Waals surface area contributed by atoms with Gasteiger partial charge in [-0.1, -0.05) is 44.2 Å². The van der Waals surface area contributed by atoms with Gasteiger partial charge in [0, 0.05) is 29.3 Å². The summed E-state index contributed by atoms with van der Waals surface area (Å²) in [6, 6.07) is 14.5. The van der Waals surface area contributed by atoms with Crippen molar-refractivity contribution in [3.63, 3.8) is 0 Å². The molecule has 0 unspecified atom stereocenters. The van der Waals surface area contributed by atoms with Crippen LogP contribution in [-0.2, 0) is 11.2 Å². The Hall–Kier alpha value is -4.57.